The van der Waals surface area contributed by atoms with Crippen LogP contribution in [-0.2, 0) is 6.42 Å². The van der Waals surface area contributed by atoms with Crippen LogP contribution in [0.3, 0.4) is 0 Å². The molecule has 0 aliphatic heterocycles. The molecule has 3 nitrogen and oxygen atoms in total. The quantitative estimate of drug-likeness (QED) is 0.767. The van der Waals surface area contributed by atoms with E-state index in [-0.39, 0.29) is 0 Å². The van der Waals surface area contributed by atoms with Crippen molar-refractivity contribution < 1.29 is 0 Å². The summed E-state index contributed by atoms with van der Waals surface area (Å²) in [6, 6.07) is 2.53. The molecule has 0 bridgehead atoms. The minimum absolute atomic E-state index is 0.657. The molecule has 1 heterocycles. The third-order valence-electron chi connectivity index (χ3n) is 3.23. The third-order valence-corrected chi connectivity index (χ3v) is 3.23. The first-order valence-electron chi connectivity index (χ1n) is 5.67. The van der Waals surface area contributed by atoms with Crippen molar-refractivity contribution in [2.45, 2.75) is 31.7 Å². The number of nitrogens with zero attached hydrogens (tertiary/aromatic N) is 1. The number of nitrogen functional groups attached to an aromatic ring is 1. The van der Waals surface area contributed by atoms with Crippen LogP contribution in [0.5, 0.6) is 0 Å². The zero-order valence-corrected chi connectivity index (χ0v) is 9.24. The maximum atomic E-state index is 5.88. The summed E-state index contributed by atoms with van der Waals surface area (Å²) in [5.41, 5.74) is 7.93. The summed E-state index contributed by atoms with van der Waals surface area (Å²) in [6.45, 7) is 0. The Kier molecular flexibility index (Phi) is 3.21. The Labute approximate surface area is 91.1 Å². The number of anilines is 1. The first-order valence-corrected chi connectivity index (χ1v) is 5.67. The molecule has 0 spiro atoms. The van der Waals surface area contributed by atoms with E-state index >= 15 is 0 Å². The van der Waals surface area contributed by atoms with Crippen LogP contribution in [0.4, 0.5) is 5.69 Å². The van der Waals surface area contributed by atoms with Gasteiger partial charge < -0.3 is 11.1 Å². The van der Waals surface area contributed by atoms with Gasteiger partial charge in [-0.3, -0.25) is 4.98 Å². The van der Waals surface area contributed by atoms with Gasteiger partial charge in [0.05, 0.1) is 0 Å². The Bertz CT molecular complexity index is 320. The Hall–Kier alpha value is -1.09. The molecule has 0 aromatic carbocycles. The average Bonchev–Trinajstić information content (AvgIpc) is 3.06. The molecule has 3 N–H and O–H groups in total. The number of aryl methyl sites for hydroxylation is 1. The standard InChI is InChI=1S/C12H19N3/c1-14-12(9-2-3-9)5-4-10-8-15-7-6-11(10)13/h6-9,12,14H,2-5H2,1H3,(H2,13,15). The van der Waals surface area contributed by atoms with E-state index in [0.29, 0.717) is 6.04 Å². The van der Waals surface area contributed by atoms with Crippen molar-refractivity contribution >= 4 is 5.69 Å². The van der Waals surface area contributed by atoms with Gasteiger partial charge in [-0.2, -0.15) is 0 Å². The zero-order valence-electron chi connectivity index (χ0n) is 9.24. The van der Waals surface area contributed by atoms with Crippen LogP contribution in [0.15, 0.2) is 18.5 Å². The molecule has 82 valence electrons. The maximum absolute atomic E-state index is 5.88. The number of nitrogens with one attached hydrogen (secondary N) is 1. The summed E-state index contributed by atoms with van der Waals surface area (Å²) in [6.07, 6.45) is 8.59. The van der Waals surface area contributed by atoms with Crippen LogP contribution >= 0.6 is 0 Å². The molecule has 2 rings (SSSR count). The van der Waals surface area contributed by atoms with Crippen molar-refractivity contribution in [3.05, 3.63) is 24.0 Å². The summed E-state index contributed by atoms with van der Waals surface area (Å²) in [4.78, 5) is 4.11. The van der Waals surface area contributed by atoms with E-state index in [0.717, 1.165) is 24.4 Å². The molecule has 1 aliphatic carbocycles. The van der Waals surface area contributed by atoms with Gasteiger partial charge in [-0.05, 0) is 50.3 Å². The SMILES string of the molecule is CNC(CCc1cnccc1N)C1CC1. The molecule has 0 radical (unpaired) electrons. The molecule has 1 atom stereocenters. The number of nitrogens with two attached hydrogens (primary N) is 1. The van der Waals surface area contributed by atoms with Crippen molar-refractivity contribution in [3.63, 3.8) is 0 Å². The molecule has 0 saturated heterocycles. The van der Waals surface area contributed by atoms with Crippen LogP contribution in [0, 0.1) is 5.92 Å². The fraction of sp³-hybridized carbons (Fsp3) is 0.583. The molecule has 1 aliphatic rings. The second-order valence-corrected chi connectivity index (χ2v) is 4.35. The Balaban J connectivity index is 1.89. The van der Waals surface area contributed by atoms with Gasteiger partial charge in [-0.25, -0.2) is 0 Å². The van der Waals surface area contributed by atoms with Crippen LogP contribution in [0.1, 0.15) is 24.8 Å². The fourth-order valence-corrected chi connectivity index (χ4v) is 2.07. The first kappa shape index (κ1) is 10.4. The van der Waals surface area contributed by atoms with E-state index in [9.17, 15) is 0 Å². The molecule has 1 aromatic rings. The number of aromatic nitrogens is 1. The molecule has 1 fully saturated rings. The lowest BCUT2D eigenvalue weighted by molar-refractivity contribution is 0.470. The largest absolute Gasteiger partial charge is 0.398 e. The number of pyridine rings is 1. The number of hydrogen-bond acceptors (Lipinski definition) is 3. The lowest BCUT2D eigenvalue weighted by atomic mass is 10.0. The van der Waals surface area contributed by atoms with Crippen molar-refractivity contribution in [1.29, 1.82) is 0 Å². The molecule has 3 heteroatoms. The van der Waals surface area contributed by atoms with Crippen molar-refractivity contribution in [1.82, 2.24) is 10.3 Å². The monoisotopic (exact) mass is 205 g/mol. The van der Waals surface area contributed by atoms with E-state index < -0.39 is 0 Å². The molecular weight excluding hydrogens is 186 g/mol. The van der Waals surface area contributed by atoms with Gasteiger partial charge >= 0.3 is 0 Å². The zero-order chi connectivity index (χ0) is 10.7. The normalized spacial score (nSPS) is 17.7. The van der Waals surface area contributed by atoms with E-state index in [2.05, 4.69) is 17.3 Å². The highest BCUT2D eigenvalue weighted by molar-refractivity contribution is 5.44. The highest BCUT2D eigenvalue weighted by atomic mass is 14.9. The summed E-state index contributed by atoms with van der Waals surface area (Å²) < 4.78 is 0. The second kappa shape index (κ2) is 4.62. The van der Waals surface area contributed by atoms with Crippen LogP contribution < -0.4 is 11.1 Å². The molecule has 1 saturated carbocycles. The van der Waals surface area contributed by atoms with E-state index in [1.165, 1.54) is 18.4 Å². The summed E-state index contributed by atoms with van der Waals surface area (Å²) in [5.74, 6) is 0.896. The lowest BCUT2D eigenvalue weighted by Gasteiger charge is -2.15. The Morgan fingerprint density at radius 2 is 2.40 bits per heavy atom. The Morgan fingerprint density at radius 1 is 1.60 bits per heavy atom. The van der Waals surface area contributed by atoms with Gasteiger partial charge in [0.2, 0.25) is 0 Å². The van der Waals surface area contributed by atoms with Gasteiger partial charge in [-0.15, -0.1) is 0 Å². The molecule has 1 unspecified atom stereocenters. The predicted octanol–water partition coefficient (Wildman–Crippen LogP) is 1.59. The third kappa shape index (κ3) is 2.69. The van der Waals surface area contributed by atoms with Crippen LogP contribution in [0.25, 0.3) is 0 Å². The van der Waals surface area contributed by atoms with Gasteiger partial charge in [-0.1, -0.05) is 0 Å². The summed E-state index contributed by atoms with van der Waals surface area (Å²) in [5, 5.41) is 3.39. The summed E-state index contributed by atoms with van der Waals surface area (Å²) in [7, 11) is 2.05. The van der Waals surface area contributed by atoms with Crippen LogP contribution in [-0.4, -0.2) is 18.1 Å². The topological polar surface area (TPSA) is 50.9 Å². The van der Waals surface area contributed by atoms with Crippen molar-refractivity contribution in [2.75, 3.05) is 12.8 Å². The fourth-order valence-electron chi connectivity index (χ4n) is 2.07. The smallest absolute Gasteiger partial charge is 0.0377 e. The predicted molar refractivity (Wildman–Crippen MR) is 62.5 cm³/mol. The van der Waals surface area contributed by atoms with Crippen molar-refractivity contribution in [3.8, 4) is 0 Å². The Morgan fingerprint density at radius 3 is 3.00 bits per heavy atom. The number of hydrogen-bond donors (Lipinski definition) is 2. The van der Waals surface area contributed by atoms with Gasteiger partial charge in [0.15, 0.2) is 0 Å². The lowest BCUT2D eigenvalue weighted by Crippen LogP contribution is -2.27. The van der Waals surface area contributed by atoms with Gasteiger partial charge in [0, 0.05) is 24.1 Å². The molecule has 1 aromatic heterocycles. The highest BCUT2D eigenvalue weighted by Gasteiger charge is 2.29. The molecule has 15 heavy (non-hydrogen) atoms. The van der Waals surface area contributed by atoms with Gasteiger partial charge in [0.1, 0.15) is 0 Å². The minimum Gasteiger partial charge on any atom is -0.398 e. The van der Waals surface area contributed by atoms with Crippen LogP contribution in [0.2, 0.25) is 0 Å². The van der Waals surface area contributed by atoms with E-state index in [1.807, 2.05) is 12.3 Å². The molecular formula is C12H19N3. The summed E-state index contributed by atoms with van der Waals surface area (Å²) >= 11 is 0. The maximum Gasteiger partial charge on any atom is 0.0377 e. The average molecular weight is 205 g/mol. The van der Waals surface area contributed by atoms with E-state index in [4.69, 9.17) is 5.73 Å². The first-order chi connectivity index (χ1) is 7.31. The van der Waals surface area contributed by atoms with Gasteiger partial charge in [0.25, 0.3) is 0 Å². The number of rotatable bonds is 5. The molecule has 0 amide bonds. The highest BCUT2D eigenvalue weighted by Crippen LogP contribution is 2.34. The minimum atomic E-state index is 0.657. The van der Waals surface area contributed by atoms with E-state index in [1.54, 1.807) is 6.20 Å². The van der Waals surface area contributed by atoms with Crippen molar-refractivity contribution in [2.24, 2.45) is 5.92 Å². The second-order valence-electron chi connectivity index (χ2n) is 4.35.